The van der Waals surface area contributed by atoms with Crippen LogP contribution in [-0.2, 0) is 29.0 Å². The number of likely N-dealkylation sites (tertiary alicyclic amines) is 1. The number of urea groups is 1. The molecule has 1 N–H and O–H groups in total. The van der Waals surface area contributed by atoms with Crippen LogP contribution in [0, 0.1) is 13.8 Å². The van der Waals surface area contributed by atoms with Crippen LogP contribution in [0.4, 0.5) is 15.3 Å². The molecule has 48 heavy (non-hydrogen) atoms. The molecule has 0 saturated carbocycles. The molecular formula is C36H46N6O6. The van der Waals surface area contributed by atoms with Crippen LogP contribution in [-0.4, -0.2) is 86.7 Å². The number of carbonyl (C=O) groups is 3. The Morgan fingerprint density at radius 1 is 0.958 bits per heavy atom. The lowest BCUT2D eigenvalue weighted by atomic mass is 9.99. The normalized spacial score (nSPS) is 15.4. The summed E-state index contributed by atoms with van der Waals surface area (Å²) in [5.74, 6) is -0.244. The second kappa shape index (κ2) is 14.1. The van der Waals surface area contributed by atoms with Crippen molar-refractivity contribution >= 4 is 23.7 Å². The number of ether oxygens (including phenoxy) is 1. The van der Waals surface area contributed by atoms with Gasteiger partial charge in [-0.3, -0.25) is 18.7 Å². The van der Waals surface area contributed by atoms with Crippen molar-refractivity contribution in [3.05, 3.63) is 86.2 Å². The summed E-state index contributed by atoms with van der Waals surface area (Å²) in [7, 11) is 1.55. The molecule has 3 aromatic rings. The van der Waals surface area contributed by atoms with Gasteiger partial charge in [-0.2, -0.15) is 0 Å². The van der Waals surface area contributed by atoms with Crippen LogP contribution < -0.4 is 16.6 Å². The molecule has 0 spiro atoms. The maximum absolute atomic E-state index is 13.8. The first-order valence-electron chi connectivity index (χ1n) is 16.5. The number of hydrogen-bond acceptors (Lipinski definition) is 6. The van der Waals surface area contributed by atoms with Crippen LogP contribution >= 0.6 is 0 Å². The lowest BCUT2D eigenvalue weighted by Gasteiger charge is -2.38. The third-order valence-electron chi connectivity index (χ3n) is 9.20. The summed E-state index contributed by atoms with van der Waals surface area (Å²) in [5.41, 5.74) is 2.98. The van der Waals surface area contributed by atoms with E-state index in [-0.39, 0.29) is 37.6 Å². The molecule has 0 bridgehead atoms. The Morgan fingerprint density at radius 3 is 2.38 bits per heavy atom. The average molecular weight is 659 g/mol. The third kappa shape index (κ3) is 7.64. The van der Waals surface area contributed by atoms with Crippen molar-refractivity contribution in [3.63, 3.8) is 0 Å². The molecule has 1 fully saturated rings. The molecule has 0 aliphatic carbocycles. The number of amides is 4. The Morgan fingerprint density at radius 2 is 1.67 bits per heavy atom. The number of nitrogens with zero attached hydrogens (tertiary/aromatic N) is 5. The monoisotopic (exact) mass is 658 g/mol. The number of carbonyl (C=O) groups excluding carboxylic acids is 3. The Hall–Kier alpha value is -4.87. The van der Waals surface area contributed by atoms with E-state index in [9.17, 15) is 24.0 Å². The van der Waals surface area contributed by atoms with Gasteiger partial charge in [0.05, 0.1) is 5.56 Å². The van der Waals surface area contributed by atoms with Gasteiger partial charge in [-0.15, -0.1) is 0 Å². The molecule has 0 unspecified atom stereocenters. The molecule has 2 aromatic carbocycles. The Bertz CT molecular complexity index is 1810. The molecule has 12 heteroatoms. The molecule has 3 heterocycles. The van der Waals surface area contributed by atoms with Crippen molar-refractivity contribution in [2.45, 2.75) is 78.6 Å². The summed E-state index contributed by atoms with van der Waals surface area (Å²) >= 11 is 0. The highest BCUT2D eigenvalue weighted by atomic mass is 16.6. The first-order valence-corrected chi connectivity index (χ1v) is 16.5. The Kier molecular flexibility index (Phi) is 10.1. The van der Waals surface area contributed by atoms with Gasteiger partial charge in [-0.05, 0) is 82.2 Å². The van der Waals surface area contributed by atoms with E-state index in [1.807, 2.05) is 61.2 Å². The minimum atomic E-state index is -0.697. The van der Waals surface area contributed by atoms with E-state index in [0.29, 0.717) is 43.6 Å². The van der Waals surface area contributed by atoms with Gasteiger partial charge in [-0.1, -0.05) is 36.4 Å². The highest BCUT2D eigenvalue weighted by Gasteiger charge is 2.32. The molecule has 0 atom stereocenters. The molecule has 12 nitrogen and oxygen atoms in total. The van der Waals surface area contributed by atoms with Crippen LogP contribution in [0.5, 0.6) is 0 Å². The summed E-state index contributed by atoms with van der Waals surface area (Å²) in [4.78, 5) is 71.7. The van der Waals surface area contributed by atoms with Crippen molar-refractivity contribution in [2.24, 2.45) is 0 Å². The zero-order chi connectivity index (χ0) is 34.7. The number of rotatable bonds is 7. The molecule has 2 aliphatic heterocycles. The number of hydrogen-bond donors (Lipinski definition) is 1. The number of para-hydroxylation sites is 1. The molecule has 256 valence electrons. The minimum absolute atomic E-state index is 0.00847. The van der Waals surface area contributed by atoms with Gasteiger partial charge in [-0.25, -0.2) is 14.4 Å². The highest BCUT2D eigenvalue weighted by Crippen LogP contribution is 2.25. The van der Waals surface area contributed by atoms with Crippen molar-refractivity contribution in [2.75, 3.05) is 38.5 Å². The number of likely N-dealkylation sites (N-methyl/N-ethyl adjacent to an activating group) is 1. The molecule has 1 saturated heterocycles. The van der Waals surface area contributed by atoms with E-state index < -0.39 is 22.9 Å². The maximum atomic E-state index is 13.8. The SMILES string of the molecule is Cc1cccc(-c2cn(CC(=O)N3CCC(N4CCc5ccccc5NC4=O)CC3)c(=O)n(CCN(C)C(=O)OC(C)(C)C)c2=O)c1C. The fraction of sp³-hybridized carbons (Fsp3) is 0.472. The van der Waals surface area contributed by atoms with E-state index in [2.05, 4.69) is 5.32 Å². The number of aryl methyl sites for hydroxylation is 1. The fourth-order valence-corrected chi connectivity index (χ4v) is 6.28. The smallest absolute Gasteiger partial charge is 0.410 e. The van der Waals surface area contributed by atoms with Gasteiger partial charge in [0, 0.05) is 57.7 Å². The van der Waals surface area contributed by atoms with Crippen LogP contribution in [0.25, 0.3) is 11.1 Å². The van der Waals surface area contributed by atoms with E-state index in [4.69, 9.17) is 4.74 Å². The van der Waals surface area contributed by atoms with Gasteiger partial charge in [0.2, 0.25) is 5.91 Å². The third-order valence-corrected chi connectivity index (χ3v) is 9.20. The van der Waals surface area contributed by atoms with Crippen molar-refractivity contribution < 1.29 is 19.1 Å². The molecule has 0 radical (unpaired) electrons. The number of piperidine rings is 1. The molecule has 5 rings (SSSR count). The average Bonchev–Trinajstić information content (AvgIpc) is 3.21. The van der Waals surface area contributed by atoms with E-state index in [0.717, 1.165) is 33.4 Å². The van der Waals surface area contributed by atoms with Crippen molar-refractivity contribution in [3.8, 4) is 11.1 Å². The van der Waals surface area contributed by atoms with Crippen LogP contribution in [0.3, 0.4) is 0 Å². The summed E-state index contributed by atoms with van der Waals surface area (Å²) < 4.78 is 7.81. The second-order valence-electron chi connectivity index (χ2n) is 13.7. The minimum Gasteiger partial charge on any atom is -0.444 e. The standard InChI is InChI=1S/C36H46N6O6/c1-24-10-9-12-28(25(24)2)29-22-40(34(46)42(32(29)44)21-20-38(6)35(47)48-36(3,4)5)23-31(43)39-17-15-27(16-18-39)41-19-14-26-11-7-8-13-30(26)37-33(41)45/h7-13,22,27H,14-21,23H2,1-6H3,(H,37,45). The van der Waals surface area contributed by atoms with Gasteiger partial charge in [0.15, 0.2) is 0 Å². The summed E-state index contributed by atoms with van der Waals surface area (Å²) in [6.07, 6.45) is 2.90. The number of anilines is 1. The van der Waals surface area contributed by atoms with Gasteiger partial charge >= 0.3 is 17.8 Å². The number of nitrogens with one attached hydrogen (secondary N) is 1. The first-order chi connectivity index (χ1) is 22.7. The number of fused-ring (bicyclic) bond motifs is 1. The fourth-order valence-electron chi connectivity index (χ4n) is 6.28. The molecule has 4 amide bonds. The maximum Gasteiger partial charge on any atom is 0.410 e. The predicted octanol–water partition coefficient (Wildman–Crippen LogP) is 4.24. The van der Waals surface area contributed by atoms with Crippen molar-refractivity contribution in [1.82, 2.24) is 23.8 Å². The van der Waals surface area contributed by atoms with Crippen LogP contribution in [0.15, 0.2) is 58.3 Å². The largest absolute Gasteiger partial charge is 0.444 e. The second-order valence-corrected chi connectivity index (χ2v) is 13.7. The zero-order valence-electron chi connectivity index (χ0n) is 28.7. The van der Waals surface area contributed by atoms with E-state index >= 15 is 0 Å². The topological polar surface area (TPSA) is 126 Å². The lowest BCUT2D eigenvalue weighted by Crippen LogP contribution is -2.51. The van der Waals surface area contributed by atoms with E-state index in [1.54, 1.807) is 32.7 Å². The predicted molar refractivity (Wildman–Crippen MR) is 184 cm³/mol. The molecule has 1 aromatic heterocycles. The highest BCUT2D eigenvalue weighted by molar-refractivity contribution is 5.91. The zero-order valence-corrected chi connectivity index (χ0v) is 28.7. The molecular weight excluding hydrogens is 612 g/mol. The van der Waals surface area contributed by atoms with Gasteiger partial charge in [0.25, 0.3) is 5.56 Å². The summed E-state index contributed by atoms with van der Waals surface area (Å²) in [6.45, 7) is 10.4. The van der Waals surface area contributed by atoms with Gasteiger partial charge in [0.1, 0.15) is 12.1 Å². The number of aromatic nitrogens is 2. The number of benzene rings is 2. The van der Waals surface area contributed by atoms with Crippen LogP contribution in [0.1, 0.15) is 50.3 Å². The quantitative estimate of drug-likeness (QED) is 0.405. The van der Waals surface area contributed by atoms with E-state index in [1.165, 1.54) is 15.7 Å². The van der Waals surface area contributed by atoms with Crippen LogP contribution in [0.2, 0.25) is 0 Å². The lowest BCUT2D eigenvalue weighted by molar-refractivity contribution is -0.133. The van der Waals surface area contributed by atoms with Gasteiger partial charge < -0.3 is 24.8 Å². The summed E-state index contributed by atoms with van der Waals surface area (Å²) in [6, 6.07) is 13.3. The Balaban J connectivity index is 1.33. The van der Waals surface area contributed by atoms with Crippen molar-refractivity contribution in [1.29, 1.82) is 0 Å². The first kappa shape index (κ1) is 34.5. The Labute approximate surface area is 280 Å². The molecule has 2 aliphatic rings. The summed E-state index contributed by atoms with van der Waals surface area (Å²) in [5, 5.41) is 3.02.